The standard InChI is InChI=1S/C10H15NO4.Li/c1-5(2)7-4-11-9(10(14)15)6(7)3-8(12)13;/h6-7,9,11H,1,3-4H2,2H3,(H,12,13)(H,14,15);/q;+1/p-1/t6-,7+,9-;/m0./s1. The minimum absolute atomic E-state index is 0. The monoisotopic (exact) mass is 219 g/mol. The topological polar surface area (TPSA) is 89.5 Å². The smallest absolute Gasteiger partial charge is 0.550 e. The van der Waals surface area contributed by atoms with Crippen LogP contribution in [0.3, 0.4) is 0 Å². The predicted molar refractivity (Wildman–Crippen MR) is 50.8 cm³/mol. The number of aliphatic carboxylic acids is 2. The molecule has 84 valence electrons. The molecule has 1 aliphatic heterocycles. The van der Waals surface area contributed by atoms with E-state index < -0.39 is 23.9 Å². The Kier molecular flexibility index (Phi) is 5.80. The Hall–Kier alpha value is -0.763. The Bertz CT molecular complexity index is 283. The summed E-state index contributed by atoms with van der Waals surface area (Å²) in [6, 6.07) is -0.815. The van der Waals surface area contributed by atoms with Crippen molar-refractivity contribution in [1.29, 1.82) is 0 Å². The van der Waals surface area contributed by atoms with Gasteiger partial charge in [-0.25, -0.2) is 0 Å². The van der Waals surface area contributed by atoms with E-state index in [1.165, 1.54) is 0 Å². The summed E-state index contributed by atoms with van der Waals surface area (Å²) in [5, 5.41) is 22.2. The number of carbonyl (C=O) groups excluding carboxylic acids is 1. The van der Waals surface area contributed by atoms with Crippen LogP contribution in [0.15, 0.2) is 12.2 Å². The number of carboxylic acids is 2. The number of hydrogen-bond acceptors (Lipinski definition) is 4. The zero-order valence-corrected chi connectivity index (χ0v) is 9.53. The third kappa shape index (κ3) is 3.37. The fraction of sp³-hybridized carbons (Fsp3) is 0.600. The molecule has 2 N–H and O–H groups in total. The Morgan fingerprint density at radius 2 is 2.12 bits per heavy atom. The quantitative estimate of drug-likeness (QED) is 0.371. The molecule has 0 bridgehead atoms. The molecule has 1 saturated heterocycles. The van der Waals surface area contributed by atoms with Crippen molar-refractivity contribution >= 4 is 11.9 Å². The van der Waals surface area contributed by atoms with Crippen molar-refractivity contribution in [2.24, 2.45) is 11.8 Å². The first-order chi connectivity index (χ1) is 6.93. The normalized spacial score (nSPS) is 28.2. The number of carboxylic acid groups (broad SMARTS) is 2. The number of carbonyl (C=O) groups is 2. The first-order valence-corrected chi connectivity index (χ1v) is 4.75. The Labute approximate surface area is 106 Å². The summed E-state index contributed by atoms with van der Waals surface area (Å²) in [7, 11) is 0. The molecule has 1 fully saturated rings. The van der Waals surface area contributed by atoms with Crippen LogP contribution in [0.25, 0.3) is 0 Å². The fourth-order valence-corrected chi connectivity index (χ4v) is 2.05. The molecule has 0 aliphatic carbocycles. The van der Waals surface area contributed by atoms with Gasteiger partial charge in [-0.2, -0.15) is 0 Å². The van der Waals surface area contributed by atoms with Crippen LogP contribution in [0.1, 0.15) is 13.3 Å². The Morgan fingerprint density at radius 1 is 1.56 bits per heavy atom. The van der Waals surface area contributed by atoms with Gasteiger partial charge in [-0.15, -0.1) is 0 Å². The van der Waals surface area contributed by atoms with Gasteiger partial charge in [0.25, 0.3) is 0 Å². The molecular formula is C10H14LiNO4. The maximum absolute atomic E-state index is 10.9. The zero-order valence-electron chi connectivity index (χ0n) is 9.53. The van der Waals surface area contributed by atoms with Gasteiger partial charge in [0.15, 0.2) is 0 Å². The molecule has 0 radical (unpaired) electrons. The van der Waals surface area contributed by atoms with Gasteiger partial charge in [-0.1, -0.05) is 12.2 Å². The van der Waals surface area contributed by atoms with Gasteiger partial charge in [-0.05, 0) is 25.2 Å². The van der Waals surface area contributed by atoms with Crippen molar-refractivity contribution < 1.29 is 38.7 Å². The minimum Gasteiger partial charge on any atom is -0.550 e. The molecule has 0 spiro atoms. The second-order valence-corrected chi connectivity index (χ2v) is 3.92. The number of hydrogen-bond donors (Lipinski definition) is 2. The molecule has 0 aromatic carbocycles. The van der Waals surface area contributed by atoms with Gasteiger partial charge in [-0.3, -0.25) is 4.79 Å². The van der Waals surface area contributed by atoms with Crippen molar-refractivity contribution in [3.63, 3.8) is 0 Å². The van der Waals surface area contributed by atoms with Gasteiger partial charge >= 0.3 is 24.8 Å². The van der Waals surface area contributed by atoms with E-state index in [-0.39, 0.29) is 31.2 Å². The van der Waals surface area contributed by atoms with Gasteiger partial charge in [0, 0.05) is 12.5 Å². The number of nitrogens with one attached hydrogen (secondary N) is 1. The van der Waals surface area contributed by atoms with Crippen LogP contribution >= 0.6 is 0 Å². The van der Waals surface area contributed by atoms with Crippen LogP contribution in [0.4, 0.5) is 0 Å². The molecule has 0 aromatic heterocycles. The number of rotatable bonds is 4. The van der Waals surface area contributed by atoms with Gasteiger partial charge in [0.1, 0.15) is 6.04 Å². The Balaban J connectivity index is 0.00000225. The van der Waals surface area contributed by atoms with E-state index in [9.17, 15) is 14.7 Å². The summed E-state index contributed by atoms with van der Waals surface area (Å²) in [6.07, 6.45) is -0.249. The molecule has 0 amide bonds. The maximum atomic E-state index is 10.9. The van der Waals surface area contributed by atoms with E-state index in [0.29, 0.717) is 6.54 Å². The van der Waals surface area contributed by atoms with Gasteiger partial charge in [0.2, 0.25) is 0 Å². The van der Waals surface area contributed by atoms with Crippen LogP contribution in [0.2, 0.25) is 0 Å². The van der Waals surface area contributed by atoms with Crippen molar-refractivity contribution in [2.75, 3.05) is 6.54 Å². The maximum Gasteiger partial charge on any atom is 1.00 e. The molecule has 0 saturated carbocycles. The van der Waals surface area contributed by atoms with E-state index in [1.807, 2.05) is 0 Å². The summed E-state index contributed by atoms with van der Waals surface area (Å²) in [4.78, 5) is 21.4. The summed E-state index contributed by atoms with van der Waals surface area (Å²) < 4.78 is 0. The molecule has 1 heterocycles. The van der Waals surface area contributed by atoms with Crippen molar-refractivity contribution in [1.82, 2.24) is 5.32 Å². The second kappa shape index (κ2) is 6.09. The van der Waals surface area contributed by atoms with E-state index >= 15 is 0 Å². The Morgan fingerprint density at radius 3 is 2.50 bits per heavy atom. The zero-order chi connectivity index (χ0) is 11.6. The molecule has 1 rings (SSSR count). The molecule has 3 atom stereocenters. The summed E-state index contributed by atoms with van der Waals surface area (Å²) in [6.45, 7) is 5.98. The van der Waals surface area contributed by atoms with E-state index in [4.69, 9.17) is 5.11 Å². The van der Waals surface area contributed by atoms with Crippen LogP contribution in [-0.4, -0.2) is 29.6 Å². The molecule has 16 heavy (non-hydrogen) atoms. The molecule has 6 heteroatoms. The van der Waals surface area contributed by atoms with Gasteiger partial charge in [0.05, 0.1) is 0 Å². The van der Waals surface area contributed by atoms with Crippen molar-refractivity contribution in [3.05, 3.63) is 12.2 Å². The molecule has 0 unspecified atom stereocenters. The van der Waals surface area contributed by atoms with E-state index in [0.717, 1.165) is 5.57 Å². The largest absolute Gasteiger partial charge is 1.00 e. The van der Waals surface area contributed by atoms with Crippen LogP contribution in [0, 0.1) is 11.8 Å². The first kappa shape index (κ1) is 15.2. The molecule has 0 aromatic rings. The molecular weight excluding hydrogens is 205 g/mol. The van der Waals surface area contributed by atoms with Crippen LogP contribution in [-0.2, 0) is 9.59 Å². The predicted octanol–water partition coefficient (Wildman–Crippen LogP) is -4.00. The minimum atomic E-state index is -1.22. The van der Waals surface area contributed by atoms with Crippen molar-refractivity contribution in [3.8, 4) is 0 Å². The molecule has 5 nitrogen and oxygen atoms in total. The summed E-state index contributed by atoms with van der Waals surface area (Å²) in [5.41, 5.74) is 0.803. The van der Waals surface area contributed by atoms with E-state index in [2.05, 4.69) is 11.9 Å². The first-order valence-electron chi connectivity index (χ1n) is 4.75. The third-order valence-corrected chi connectivity index (χ3v) is 2.80. The molecule has 1 aliphatic rings. The fourth-order valence-electron chi connectivity index (χ4n) is 2.05. The van der Waals surface area contributed by atoms with E-state index in [1.54, 1.807) is 6.92 Å². The van der Waals surface area contributed by atoms with Crippen molar-refractivity contribution in [2.45, 2.75) is 19.4 Å². The summed E-state index contributed by atoms with van der Waals surface area (Å²) >= 11 is 0. The SMILES string of the molecule is C=C(C)[C@H]1CN[C@H](C(=O)O)[C@H]1CC(=O)[O-].[Li+]. The van der Waals surface area contributed by atoms with Gasteiger partial charge < -0.3 is 20.3 Å². The van der Waals surface area contributed by atoms with Crippen LogP contribution in [0.5, 0.6) is 0 Å². The average molecular weight is 219 g/mol. The second-order valence-electron chi connectivity index (χ2n) is 3.92. The average Bonchev–Trinajstić information content (AvgIpc) is 2.46. The van der Waals surface area contributed by atoms with Crippen LogP contribution < -0.4 is 29.3 Å². The third-order valence-electron chi connectivity index (χ3n) is 2.80. The summed E-state index contributed by atoms with van der Waals surface area (Å²) in [5.74, 6) is -2.82.